The second kappa shape index (κ2) is 6.02. The van der Waals surface area contributed by atoms with E-state index >= 15 is 0 Å². The first-order chi connectivity index (χ1) is 8.24. The van der Waals surface area contributed by atoms with Crippen LogP contribution in [0.15, 0.2) is 28.7 Å². The molecule has 1 aliphatic rings. The van der Waals surface area contributed by atoms with Crippen molar-refractivity contribution < 1.29 is 9.53 Å². The standard InChI is InChI=1S/C12H15BrN2O2/c13-10-1-3-11(4-2-10)17-8-12(16)15-7-9-5-14-6-9/h1-4,9,14H,5-8H2,(H,15,16). The Morgan fingerprint density at radius 3 is 2.71 bits per heavy atom. The molecule has 0 atom stereocenters. The first-order valence-electron chi connectivity index (χ1n) is 5.60. The second-order valence-corrected chi connectivity index (χ2v) is 4.99. The average Bonchev–Trinajstić information content (AvgIpc) is 2.26. The third-order valence-electron chi connectivity index (χ3n) is 2.64. The summed E-state index contributed by atoms with van der Waals surface area (Å²) >= 11 is 3.34. The highest BCUT2D eigenvalue weighted by atomic mass is 79.9. The lowest BCUT2D eigenvalue weighted by molar-refractivity contribution is -0.123. The van der Waals surface area contributed by atoms with Crippen LogP contribution in [0.2, 0.25) is 0 Å². The van der Waals surface area contributed by atoms with Crippen LogP contribution in [0.1, 0.15) is 0 Å². The number of ether oxygens (including phenoxy) is 1. The van der Waals surface area contributed by atoms with E-state index in [1.807, 2.05) is 24.3 Å². The highest BCUT2D eigenvalue weighted by molar-refractivity contribution is 9.10. The molecule has 1 aromatic rings. The Kier molecular flexibility index (Phi) is 4.39. The smallest absolute Gasteiger partial charge is 0.257 e. The highest BCUT2D eigenvalue weighted by Gasteiger charge is 2.17. The molecular weight excluding hydrogens is 284 g/mol. The molecule has 1 aromatic carbocycles. The van der Waals surface area contributed by atoms with Crippen LogP contribution in [0.3, 0.4) is 0 Å². The first-order valence-corrected chi connectivity index (χ1v) is 6.39. The number of benzene rings is 1. The monoisotopic (exact) mass is 298 g/mol. The Hall–Kier alpha value is -1.07. The summed E-state index contributed by atoms with van der Waals surface area (Å²) in [5, 5.41) is 6.01. The van der Waals surface area contributed by atoms with Crippen LogP contribution >= 0.6 is 15.9 Å². The summed E-state index contributed by atoms with van der Waals surface area (Å²) in [5.74, 6) is 1.21. The Labute approximate surface area is 109 Å². The van der Waals surface area contributed by atoms with Gasteiger partial charge in [-0.3, -0.25) is 4.79 Å². The molecule has 0 unspecified atom stereocenters. The van der Waals surface area contributed by atoms with Crippen LogP contribution in [0.4, 0.5) is 0 Å². The van der Waals surface area contributed by atoms with Crippen molar-refractivity contribution in [2.24, 2.45) is 5.92 Å². The largest absolute Gasteiger partial charge is 0.484 e. The number of carbonyl (C=O) groups is 1. The van der Waals surface area contributed by atoms with Gasteiger partial charge in [0, 0.05) is 30.0 Å². The molecule has 0 radical (unpaired) electrons. The Morgan fingerprint density at radius 2 is 2.12 bits per heavy atom. The van der Waals surface area contributed by atoms with Crippen molar-refractivity contribution in [1.82, 2.24) is 10.6 Å². The third kappa shape index (κ3) is 4.02. The van der Waals surface area contributed by atoms with Gasteiger partial charge in [-0.05, 0) is 24.3 Å². The first kappa shape index (κ1) is 12.4. The van der Waals surface area contributed by atoms with Gasteiger partial charge in [-0.2, -0.15) is 0 Å². The predicted molar refractivity (Wildman–Crippen MR) is 69.0 cm³/mol. The van der Waals surface area contributed by atoms with E-state index in [0.717, 1.165) is 24.1 Å². The van der Waals surface area contributed by atoms with Gasteiger partial charge in [-0.25, -0.2) is 0 Å². The molecule has 92 valence electrons. The maximum Gasteiger partial charge on any atom is 0.257 e. The Bertz CT molecular complexity index is 377. The molecule has 0 saturated carbocycles. The summed E-state index contributed by atoms with van der Waals surface area (Å²) in [6.45, 7) is 2.79. The molecule has 1 heterocycles. The Balaban J connectivity index is 1.66. The number of hydrogen-bond donors (Lipinski definition) is 2. The fourth-order valence-corrected chi connectivity index (χ4v) is 1.75. The minimum Gasteiger partial charge on any atom is -0.484 e. The fourth-order valence-electron chi connectivity index (χ4n) is 1.48. The van der Waals surface area contributed by atoms with Gasteiger partial charge in [-0.1, -0.05) is 15.9 Å². The predicted octanol–water partition coefficient (Wildman–Crippen LogP) is 1.16. The summed E-state index contributed by atoms with van der Waals surface area (Å²) in [4.78, 5) is 11.5. The fraction of sp³-hybridized carbons (Fsp3) is 0.417. The summed E-state index contributed by atoms with van der Waals surface area (Å²) in [6, 6.07) is 7.42. The quantitative estimate of drug-likeness (QED) is 0.858. The number of rotatable bonds is 5. The van der Waals surface area contributed by atoms with Gasteiger partial charge in [-0.15, -0.1) is 0 Å². The average molecular weight is 299 g/mol. The number of nitrogens with one attached hydrogen (secondary N) is 2. The molecule has 1 aliphatic heterocycles. The van der Waals surface area contributed by atoms with Gasteiger partial charge >= 0.3 is 0 Å². The maximum absolute atomic E-state index is 11.5. The van der Waals surface area contributed by atoms with E-state index in [1.54, 1.807) is 0 Å². The lowest BCUT2D eigenvalue weighted by atomic mass is 10.0. The topological polar surface area (TPSA) is 50.4 Å². The van der Waals surface area contributed by atoms with Crippen LogP contribution in [-0.2, 0) is 4.79 Å². The highest BCUT2D eigenvalue weighted by Crippen LogP contribution is 2.15. The molecule has 4 nitrogen and oxygen atoms in total. The summed E-state index contributed by atoms with van der Waals surface area (Å²) in [5.41, 5.74) is 0. The molecule has 0 aliphatic carbocycles. The third-order valence-corrected chi connectivity index (χ3v) is 3.17. The number of halogens is 1. The molecule has 17 heavy (non-hydrogen) atoms. The van der Waals surface area contributed by atoms with Crippen LogP contribution < -0.4 is 15.4 Å². The minimum absolute atomic E-state index is 0.0696. The van der Waals surface area contributed by atoms with Gasteiger partial charge in [0.2, 0.25) is 0 Å². The van der Waals surface area contributed by atoms with Gasteiger partial charge in [0.1, 0.15) is 5.75 Å². The van der Waals surface area contributed by atoms with E-state index in [4.69, 9.17) is 4.74 Å². The van der Waals surface area contributed by atoms with E-state index in [9.17, 15) is 4.79 Å². The van der Waals surface area contributed by atoms with E-state index in [2.05, 4.69) is 26.6 Å². The van der Waals surface area contributed by atoms with Crippen LogP contribution in [-0.4, -0.2) is 32.1 Å². The van der Waals surface area contributed by atoms with Crippen molar-refractivity contribution in [2.45, 2.75) is 0 Å². The van der Waals surface area contributed by atoms with Crippen LogP contribution in [0.25, 0.3) is 0 Å². The molecule has 1 fully saturated rings. The van der Waals surface area contributed by atoms with E-state index in [0.29, 0.717) is 11.7 Å². The molecule has 1 saturated heterocycles. The summed E-state index contributed by atoms with van der Waals surface area (Å²) in [7, 11) is 0. The SMILES string of the molecule is O=C(COc1ccc(Br)cc1)NCC1CNC1. The van der Waals surface area contributed by atoms with E-state index < -0.39 is 0 Å². The van der Waals surface area contributed by atoms with Crippen molar-refractivity contribution in [2.75, 3.05) is 26.2 Å². The molecule has 2 rings (SSSR count). The maximum atomic E-state index is 11.5. The van der Waals surface area contributed by atoms with Crippen LogP contribution in [0.5, 0.6) is 5.75 Å². The van der Waals surface area contributed by atoms with Crippen molar-refractivity contribution in [3.8, 4) is 5.75 Å². The minimum atomic E-state index is -0.0696. The van der Waals surface area contributed by atoms with Gasteiger partial charge in [0.15, 0.2) is 6.61 Å². The zero-order valence-corrected chi connectivity index (χ0v) is 11.0. The normalized spacial score (nSPS) is 15.1. The van der Waals surface area contributed by atoms with Gasteiger partial charge in [0.25, 0.3) is 5.91 Å². The summed E-state index contributed by atoms with van der Waals surface area (Å²) in [6.07, 6.45) is 0. The zero-order valence-electron chi connectivity index (χ0n) is 9.41. The van der Waals surface area contributed by atoms with Crippen molar-refractivity contribution >= 4 is 21.8 Å². The van der Waals surface area contributed by atoms with Gasteiger partial charge < -0.3 is 15.4 Å². The van der Waals surface area contributed by atoms with Crippen molar-refractivity contribution in [1.29, 1.82) is 0 Å². The molecule has 0 aromatic heterocycles. The molecular formula is C12H15BrN2O2. The Morgan fingerprint density at radius 1 is 1.41 bits per heavy atom. The number of carbonyl (C=O) groups excluding carboxylic acids is 1. The van der Waals surface area contributed by atoms with Crippen molar-refractivity contribution in [3.05, 3.63) is 28.7 Å². The molecule has 5 heteroatoms. The van der Waals surface area contributed by atoms with E-state index in [1.165, 1.54) is 0 Å². The molecule has 0 bridgehead atoms. The van der Waals surface area contributed by atoms with Crippen LogP contribution in [0, 0.1) is 5.92 Å². The van der Waals surface area contributed by atoms with Gasteiger partial charge in [0.05, 0.1) is 0 Å². The van der Waals surface area contributed by atoms with E-state index in [-0.39, 0.29) is 12.5 Å². The number of amides is 1. The zero-order chi connectivity index (χ0) is 12.1. The number of hydrogen-bond acceptors (Lipinski definition) is 3. The second-order valence-electron chi connectivity index (χ2n) is 4.07. The molecule has 1 amide bonds. The molecule has 2 N–H and O–H groups in total. The lowest BCUT2D eigenvalue weighted by Crippen LogP contribution is -2.48. The lowest BCUT2D eigenvalue weighted by Gasteiger charge is -2.27. The van der Waals surface area contributed by atoms with Crippen molar-refractivity contribution in [3.63, 3.8) is 0 Å². The summed E-state index contributed by atoms with van der Waals surface area (Å²) < 4.78 is 6.35. The molecule has 0 spiro atoms.